The molecule has 3 nitrogen and oxygen atoms in total. The molecule has 0 atom stereocenters. The number of benzene rings is 1. The number of carbonyl (C=O) groups excluding carboxylic acids is 1. The number of carbonyl (C=O) groups is 1. The van der Waals surface area contributed by atoms with Gasteiger partial charge in [0, 0.05) is 23.4 Å². The molecule has 0 aliphatic carbocycles. The fourth-order valence-corrected chi connectivity index (χ4v) is 2.50. The van der Waals surface area contributed by atoms with Crippen molar-refractivity contribution in [3.63, 3.8) is 0 Å². The number of aryl methyl sites for hydroxylation is 2. The maximum absolute atomic E-state index is 11.0. The van der Waals surface area contributed by atoms with Gasteiger partial charge in [0.05, 0.1) is 10.7 Å². The van der Waals surface area contributed by atoms with Gasteiger partial charge in [-0.15, -0.1) is 0 Å². The van der Waals surface area contributed by atoms with Gasteiger partial charge in [0.25, 0.3) is 0 Å². The first-order valence-corrected chi connectivity index (χ1v) is 6.75. The second kappa shape index (κ2) is 5.57. The van der Waals surface area contributed by atoms with Crippen molar-refractivity contribution in [1.29, 1.82) is 0 Å². The highest BCUT2D eigenvalue weighted by Crippen LogP contribution is 2.29. The van der Waals surface area contributed by atoms with E-state index in [1.807, 2.05) is 23.7 Å². The second-order valence-electron chi connectivity index (χ2n) is 4.62. The number of aromatic nitrogens is 2. The van der Waals surface area contributed by atoms with Crippen LogP contribution in [0.5, 0.6) is 0 Å². The van der Waals surface area contributed by atoms with E-state index < -0.39 is 0 Å². The lowest BCUT2D eigenvalue weighted by molar-refractivity contribution is 0.112. The summed E-state index contributed by atoms with van der Waals surface area (Å²) in [5, 5.41) is 5.03. The molecular weight excluding hydrogens is 260 g/mol. The van der Waals surface area contributed by atoms with Crippen LogP contribution in [0.4, 0.5) is 0 Å². The largest absolute Gasteiger partial charge is 0.298 e. The molecule has 19 heavy (non-hydrogen) atoms. The molecule has 0 unspecified atom stereocenters. The molecule has 0 spiro atoms. The summed E-state index contributed by atoms with van der Waals surface area (Å²) in [5.74, 6) is 0. The molecule has 0 fully saturated rings. The van der Waals surface area contributed by atoms with Crippen LogP contribution in [0.25, 0.3) is 11.1 Å². The van der Waals surface area contributed by atoms with E-state index in [0.717, 1.165) is 41.8 Å². The third-order valence-corrected chi connectivity index (χ3v) is 3.57. The summed E-state index contributed by atoms with van der Waals surface area (Å²) in [5.41, 5.74) is 4.70. The van der Waals surface area contributed by atoms with E-state index in [-0.39, 0.29) is 0 Å². The first-order valence-electron chi connectivity index (χ1n) is 6.37. The summed E-state index contributed by atoms with van der Waals surface area (Å²) >= 11 is 5.97. The van der Waals surface area contributed by atoms with Gasteiger partial charge in [0.15, 0.2) is 6.29 Å². The Morgan fingerprint density at radius 3 is 2.74 bits per heavy atom. The first kappa shape index (κ1) is 13.8. The molecule has 0 saturated carbocycles. The minimum absolute atomic E-state index is 0.481. The van der Waals surface area contributed by atoms with E-state index in [4.69, 9.17) is 11.6 Å². The molecule has 0 aliphatic rings. The van der Waals surface area contributed by atoms with Gasteiger partial charge in [-0.2, -0.15) is 5.10 Å². The topological polar surface area (TPSA) is 34.9 Å². The van der Waals surface area contributed by atoms with Crippen LogP contribution >= 0.6 is 11.6 Å². The van der Waals surface area contributed by atoms with Gasteiger partial charge < -0.3 is 0 Å². The highest BCUT2D eigenvalue weighted by atomic mass is 35.5. The summed E-state index contributed by atoms with van der Waals surface area (Å²) in [6, 6.07) is 5.52. The number of hydrogen-bond donors (Lipinski definition) is 0. The van der Waals surface area contributed by atoms with E-state index in [1.54, 1.807) is 6.07 Å². The first-order chi connectivity index (χ1) is 9.08. The van der Waals surface area contributed by atoms with Crippen molar-refractivity contribution in [2.75, 3.05) is 0 Å². The Hall–Kier alpha value is -1.61. The SMILES string of the molecule is CCCn1nc(C)c(-c2ccc(Cl)c(C=O)c2)c1C. The Morgan fingerprint density at radius 1 is 1.37 bits per heavy atom. The van der Waals surface area contributed by atoms with Crippen LogP contribution < -0.4 is 0 Å². The van der Waals surface area contributed by atoms with E-state index in [0.29, 0.717) is 10.6 Å². The summed E-state index contributed by atoms with van der Waals surface area (Å²) < 4.78 is 2.01. The summed E-state index contributed by atoms with van der Waals surface area (Å²) in [6.07, 6.45) is 1.83. The van der Waals surface area contributed by atoms with Crippen molar-refractivity contribution in [3.8, 4) is 11.1 Å². The molecule has 0 saturated heterocycles. The van der Waals surface area contributed by atoms with Gasteiger partial charge in [-0.1, -0.05) is 24.6 Å². The Kier molecular flexibility index (Phi) is 4.05. The highest BCUT2D eigenvalue weighted by Gasteiger charge is 2.14. The summed E-state index contributed by atoms with van der Waals surface area (Å²) in [6.45, 7) is 7.08. The molecule has 0 radical (unpaired) electrons. The number of rotatable bonds is 4. The zero-order valence-electron chi connectivity index (χ0n) is 11.4. The van der Waals surface area contributed by atoms with Crippen molar-refractivity contribution in [3.05, 3.63) is 40.2 Å². The van der Waals surface area contributed by atoms with Crippen molar-refractivity contribution >= 4 is 17.9 Å². The van der Waals surface area contributed by atoms with Crippen LogP contribution in [0.1, 0.15) is 35.1 Å². The van der Waals surface area contributed by atoms with Gasteiger partial charge in [-0.25, -0.2) is 0 Å². The smallest absolute Gasteiger partial charge is 0.151 e. The monoisotopic (exact) mass is 276 g/mol. The average Bonchev–Trinajstić information content (AvgIpc) is 2.66. The van der Waals surface area contributed by atoms with Crippen molar-refractivity contribution < 1.29 is 4.79 Å². The Morgan fingerprint density at radius 2 is 2.11 bits per heavy atom. The van der Waals surface area contributed by atoms with Crippen LogP contribution in [0.2, 0.25) is 5.02 Å². The molecule has 2 aromatic rings. The Bertz CT molecular complexity index is 617. The molecule has 0 bridgehead atoms. The van der Waals surface area contributed by atoms with E-state index in [9.17, 15) is 4.79 Å². The molecular formula is C15H17ClN2O. The normalized spacial score (nSPS) is 10.7. The van der Waals surface area contributed by atoms with Gasteiger partial charge in [0.1, 0.15) is 0 Å². The van der Waals surface area contributed by atoms with Crippen LogP contribution in [0.3, 0.4) is 0 Å². The molecule has 0 N–H and O–H groups in total. The van der Waals surface area contributed by atoms with E-state index in [1.165, 1.54) is 0 Å². The quantitative estimate of drug-likeness (QED) is 0.790. The third-order valence-electron chi connectivity index (χ3n) is 3.23. The van der Waals surface area contributed by atoms with E-state index in [2.05, 4.69) is 18.9 Å². The van der Waals surface area contributed by atoms with Crippen LogP contribution in [-0.2, 0) is 6.54 Å². The van der Waals surface area contributed by atoms with Gasteiger partial charge in [-0.05, 0) is 38.0 Å². The van der Waals surface area contributed by atoms with E-state index >= 15 is 0 Å². The lowest BCUT2D eigenvalue weighted by Crippen LogP contribution is -2.01. The lowest BCUT2D eigenvalue weighted by Gasteiger charge is -2.06. The number of aldehydes is 1. The van der Waals surface area contributed by atoms with Crippen LogP contribution in [0.15, 0.2) is 18.2 Å². The molecule has 1 heterocycles. The maximum Gasteiger partial charge on any atom is 0.151 e. The Labute approximate surface area is 118 Å². The minimum Gasteiger partial charge on any atom is -0.298 e. The van der Waals surface area contributed by atoms with Gasteiger partial charge in [0.2, 0.25) is 0 Å². The van der Waals surface area contributed by atoms with Crippen molar-refractivity contribution in [1.82, 2.24) is 9.78 Å². The van der Waals surface area contributed by atoms with Crippen molar-refractivity contribution in [2.45, 2.75) is 33.7 Å². The number of hydrogen-bond acceptors (Lipinski definition) is 2. The molecule has 100 valence electrons. The lowest BCUT2D eigenvalue weighted by atomic mass is 10.0. The molecule has 0 aliphatic heterocycles. The van der Waals surface area contributed by atoms with Crippen LogP contribution in [0, 0.1) is 13.8 Å². The maximum atomic E-state index is 11.0. The highest BCUT2D eigenvalue weighted by molar-refractivity contribution is 6.33. The zero-order chi connectivity index (χ0) is 14.0. The average molecular weight is 277 g/mol. The fraction of sp³-hybridized carbons (Fsp3) is 0.333. The van der Waals surface area contributed by atoms with Gasteiger partial charge in [-0.3, -0.25) is 9.48 Å². The predicted molar refractivity (Wildman–Crippen MR) is 77.8 cm³/mol. The molecule has 4 heteroatoms. The zero-order valence-corrected chi connectivity index (χ0v) is 12.2. The Balaban J connectivity index is 2.55. The predicted octanol–water partition coefficient (Wildman–Crippen LogP) is 4.04. The van der Waals surface area contributed by atoms with Crippen molar-refractivity contribution in [2.24, 2.45) is 0 Å². The standard InChI is InChI=1S/C15H17ClN2O/c1-4-7-18-11(3)15(10(2)17-18)12-5-6-14(16)13(8-12)9-19/h5-6,8-9H,4,7H2,1-3H3. The number of nitrogens with zero attached hydrogens (tertiary/aromatic N) is 2. The third kappa shape index (κ3) is 2.56. The van der Waals surface area contributed by atoms with Crippen LogP contribution in [-0.4, -0.2) is 16.1 Å². The summed E-state index contributed by atoms with van der Waals surface area (Å²) in [4.78, 5) is 11.0. The fourth-order valence-electron chi connectivity index (χ4n) is 2.33. The summed E-state index contributed by atoms with van der Waals surface area (Å²) in [7, 11) is 0. The van der Waals surface area contributed by atoms with Gasteiger partial charge >= 0.3 is 0 Å². The molecule has 2 rings (SSSR count). The molecule has 0 amide bonds. The molecule has 1 aromatic heterocycles. The second-order valence-corrected chi connectivity index (χ2v) is 5.03. The minimum atomic E-state index is 0.481. The number of halogens is 1. The molecule has 1 aromatic carbocycles.